The number of ether oxygens (including phenoxy) is 1. The smallest absolute Gasteiger partial charge is 0.263 e. The van der Waals surface area contributed by atoms with E-state index in [-0.39, 0.29) is 5.91 Å². The van der Waals surface area contributed by atoms with Crippen molar-refractivity contribution in [2.75, 3.05) is 7.05 Å². The Labute approximate surface area is 129 Å². The van der Waals surface area contributed by atoms with Gasteiger partial charge in [0.1, 0.15) is 5.75 Å². The molecule has 0 fully saturated rings. The van der Waals surface area contributed by atoms with Gasteiger partial charge in [0, 0.05) is 32.4 Å². The third kappa shape index (κ3) is 3.98. The fourth-order valence-electron chi connectivity index (χ4n) is 2.00. The highest BCUT2D eigenvalue weighted by molar-refractivity contribution is 6.32. The molecule has 0 bridgehead atoms. The van der Waals surface area contributed by atoms with E-state index in [0.717, 1.165) is 5.56 Å². The van der Waals surface area contributed by atoms with Gasteiger partial charge in [-0.05, 0) is 19.1 Å². The molecule has 6 heteroatoms. The zero-order valence-electron chi connectivity index (χ0n) is 12.3. The van der Waals surface area contributed by atoms with Gasteiger partial charge in [-0.25, -0.2) is 0 Å². The van der Waals surface area contributed by atoms with Crippen molar-refractivity contribution in [3.05, 3.63) is 47.2 Å². The molecule has 0 radical (unpaired) electrons. The Hall–Kier alpha value is -2.01. The molecule has 112 valence electrons. The molecule has 21 heavy (non-hydrogen) atoms. The number of amides is 1. The Kier molecular flexibility index (Phi) is 4.85. The monoisotopic (exact) mass is 307 g/mol. The number of aromatic nitrogens is 2. The third-order valence-electron chi connectivity index (χ3n) is 3.04. The normalized spacial score (nSPS) is 12.0. The lowest BCUT2D eigenvalue weighted by molar-refractivity contribution is -0.137. The van der Waals surface area contributed by atoms with Gasteiger partial charge in [-0.15, -0.1) is 0 Å². The predicted octanol–water partition coefficient (Wildman–Crippen LogP) is 2.50. The number of para-hydroxylation sites is 1. The fraction of sp³-hybridized carbons (Fsp3) is 0.333. The van der Waals surface area contributed by atoms with Gasteiger partial charge in [-0.2, -0.15) is 5.10 Å². The lowest BCUT2D eigenvalue weighted by atomic mass is 10.3. The molecule has 0 aliphatic heterocycles. The predicted molar refractivity (Wildman–Crippen MR) is 81.2 cm³/mol. The second kappa shape index (κ2) is 6.63. The molecular formula is C15H18ClN3O2. The number of nitrogens with zero attached hydrogens (tertiary/aromatic N) is 3. The van der Waals surface area contributed by atoms with Crippen molar-refractivity contribution in [3.8, 4) is 5.75 Å². The van der Waals surface area contributed by atoms with Gasteiger partial charge < -0.3 is 9.64 Å². The van der Waals surface area contributed by atoms with Crippen LogP contribution >= 0.6 is 11.6 Å². The van der Waals surface area contributed by atoms with E-state index in [9.17, 15) is 4.79 Å². The number of hydrogen-bond acceptors (Lipinski definition) is 3. The van der Waals surface area contributed by atoms with E-state index in [1.54, 1.807) is 41.9 Å². The number of benzene rings is 1. The van der Waals surface area contributed by atoms with Crippen LogP contribution in [-0.2, 0) is 18.4 Å². The van der Waals surface area contributed by atoms with Crippen molar-refractivity contribution in [1.82, 2.24) is 14.7 Å². The SMILES string of the molecule is CC(Oc1ccccc1Cl)C(=O)N(C)Cc1cnn(C)c1. The summed E-state index contributed by atoms with van der Waals surface area (Å²) >= 11 is 6.02. The lowest BCUT2D eigenvalue weighted by Gasteiger charge is -2.22. The van der Waals surface area contributed by atoms with Gasteiger partial charge in [-0.3, -0.25) is 9.48 Å². The van der Waals surface area contributed by atoms with Crippen molar-refractivity contribution in [3.63, 3.8) is 0 Å². The van der Waals surface area contributed by atoms with Gasteiger partial charge in [0.25, 0.3) is 5.91 Å². The van der Waals surface area contributed by atoms with Crippen LogP contribution in [0.1, 0.15) is 12.5 Å². The standard InChI is InChI=1S/C15H18ClN3O2/c1-11(21-14-7-5-4-6-13(14)16)15(20)18(2)9-12-8-17-19(3)10-12/h4-8,10-11H,9H2,1-3H3. The molecule has 1 unspecified atom stereocenters. The van der Waals surface area contributed by atoms with Crippen molar-refractivity contribution in [2.45, 2.75) is 19.6 Å². The summed E-state index contributed by atoms with van der Waals surface area (Å²) in [6.45, 7) is 2.20. The van der Waals surface area contributed by atoms with Crippen LogP contribution in [0.2, 0.25) is 5.02 Å². The molecule has 1 aromatic heterocycles. The Morgan fingerprint density at radius 3 is 2.81 bits per heavy atom. The van der Waals surface area contributed by atoms with E-state index < -0.39 is 6.10 Å². The summed E-state index contributed by atoms with van der Waals surface area (Å²) in [6.07, 6.45) is 3.01. The largest absolute Gasteiger partial charge is 0.479 e. The second-order valence-electron chi connectivity index (χ2n) is 4.91. The van der Waals surface area contributed by atoms with Crippen LogP contribution in [-0.4, -0.2) is 33.7 Å². The number of hydrogen-bond donors (Lipinski definition) is 0. The zero-order chi connectivity index (χ0) is 15.4. The molecule has 0 spiro atoms. The molecule has 1 atom stereocenters. The van der Waals surface area contributed by atoms with Crippen LogP contribution in [0, 0.1) is 0 Å². The quantitative estimate of drug-likeness (QED) is 0.852. The first-order valence-corrected chi connectivity index (χ1v) is 6.99. The number of aryl methyl sites for hydroxylation is 1. The van der Waals surface area contributed by atoms with Crippen molar-refractivity contribution < 1.29 is 9.53 Å². The molecule has 1 amide bonds. The van der Waals surface area contributed by atoms with Crippen molar-refractivity contribution >= 4 is 17.5 Å². The van der Waals surface area contributed by atoms with Crippen molar-refractivity contribution in [2.24, 2.45) is 7.05 Å². The Morgan fingerprint density at radius 2 is 2.19 bits per heavy atom. The van der Waals surface area contributed by atoms with E-state index in [2.05, 4.69) is 5.10 Å². The highest BCUT2D eigenvalue weighted by Gasteiger charge is 2.20. The average Bonchev–Trinajstić information content (AvgIpc) is 2.85. The van der Waals surface area contributed by atoms with E-state index in [1.807, 2.05) is 25.4 Å². The summed E-state index contributed by atoms with van der Waals surface area (Å²) in [4.78, 5) is 13.9. The Bertz CT molecular complexity index is 627. The molecule has 0 N–H and O–H groups in total. The van der Waals surface area contributed by atoms with E-state index in [0.29, 0.717) is 17.3 Å². The van der Waals surface area contributed by atoms with Crippen molar-refractivity contribution in [1.29, 1.82) is 0 Å². The molecule has 0 saturated carbocycles. The van der Waals surface area contributed by atoms with Crippen LogP contribution in [0.25, 0.3) is 0 Å². The molecular weight excluding hydrogens is 290 g/mol. The molecule has 2 aromatic rings. The van der Waals surface area contributed by atoms with Crippen LogP contribution in [0.3, 0.4) is 0 Å². The van der Waals surface area contributed by atoms with Crippen LogP contribution < -0.4 is 4.74 Å². The minimum atomic E-state index is -0.605. The van der Waals surface area contributed by atoms with Gasteiger partial charge in [-0.1, -0.05) is 23.7 Å². The maximum atomic E-state index is 12.3. The van der Waals surface area contributed by atoms with Crippen LogP contribution in [0.15, 0.2) is 36.7 Å². The second-order valence-corrected chi connectivity index (χ2v) is 5.31. The Balaban J connectivity index is 1.97. The van der Waals surface area contributed by atoms with Gasteiger partial charge in [0.15, 0.2) is 6.10 Å². The molecule has 2 rings (SSSR count). The number of likely N-dealkylation sites (N-methyl/N-ethyl adjacent to an activating group) is 1. The molecule has 0 saturated heterocycles. The zero-order valence-corrected chi connectivity index (χ0v) is 13.0. The summed E-state index contributed by atoms with van der Waals surface area (Å²) in [6, 6.07) is 7.11. The van der Waals surface area contributed by atoms with Gasteiger partial charge in [0.05, 0.1) is 11.2 Å². The highest BCUT2D eigenvalue weighted by atomic mass is 35.5. The maximum absolute atomic E-state index is 12.3. The lowest BCUT2D eigenvalue weighted by Crippen LogP contribution is -2.37. The molecule has 0 aliphatic rings. The summed E-state index contributed by atoms with van der Waals surface area (Å²) in [7, 11) is 3.58. The summed E-state index contributed by atoms with van der Waals surface area (Å²) < 4.78 is 7.33. The summed E-state index contributed by atoms with van der Waals surface area (Å²) in [5.41, 5.74) is 0.971. The molecule has 1 heterocycles. The van der Waals surface area contributed by atoms with Crippen LogP contribution in [0.4, 0.5) is 0 Å². The van der Waals surface area contributed by atoms with Crippen LogP contribution in [0.5, 0.6) is 5.75 Å². The van der Waals surface area contributed by atoms with E-state index >= 15 is 0 Å². The van der Waals surface area contributed by atoms with Gasteiger partial charge in [0.2, 0.25) is 0 Å². The van der Waals surface area contributed by atoms with E-state index in [4.69, 9.17) is 16.3 Å². The average molecular weight is 308 g/mol. The maximum Gasteiger partial charge on any atom is 0.263 e. The third-order valence-corrected chi connectivity index (χ3v) is 3.35. The van der Waals surface area contributed by atoms with Gasteiger partial charge >= 0.3 is 0 Å². The minimum absolute atomic E-state index is 0.112. The first-order chi connectivity index (χ1) is 9.97. The summed E-state index contributed by atoms with van der Waals surface area (Å²) in [5, 5.41) is 4.58. The fourth-order valence-corrected chi connectivity index (χ4v) is 2.18. The number of carbonyl (C=O) groups is 1. The molecule has 0 aliphatic carbocycles. The summed E-state index contributed by atoms with van der Waals surface area (Å²) in [5.74, 6) is 0.397. The number of halogens is 1. The van der Waals surface area contributed by atoms with E-state index in [1.165, 1.54) is 0 Å². The molecule has 1 aromatic carbocycles. The first kappa shape index (κ1) is 15.4. The number of rotatable bonds is 5. The molecule has 5 nitrogen and oxygen atoms in total. The number of carbonyl (C=O) groups excluding carboxylic acids is 1. The topological polar surface area (TPSA) is 47.4 Å². The highest BCUT2D eigenvalue weighted by Crippen LogP contribution is 2.24. The Morgan fingerprint density at radius 1 is 1.48 bits per heavy atom. The first-order valence-electron chi connectivity index (χ1n) is 6.61. The minimum Gasteiger partial charge on any atom is -0.479 e.